The summed E-state index contributed by atoms with van der Waals surface area (Å²) < 4.78 is 0.980. The molecule has 4 heteroatoms. The minimum atomic E-state index is 0.713. The molecule has 2 heterocycles. The SMILES string of the molecule is Brc1csc(N2CCC3(CCCC3)CC2)n1. The highest BCUT2D eigenvalue weighted by Crippen LogP contribution is 2.46. The van der Waals surface area contributed by atoms with Gasteiger partial charge < -0.3 is 4.90 Å². The Balaban J connectivity index is 1.66. The largest absolute Gasteiger partial charge is 0.348 e. The number of hydrogen-bond donors (Lipinski definition) is 0. The van der Waals surface area contributed by atoms with Crippen molar-refractivity contribution in [2.24, 2.45) is 5.41 Å². The summed E-state index contributed by atoms with van der Waals surface area (Å²) in [5.41, 5.74) is 0.713. The van der Waals surface area contributed by atoms with Crippen molar-refractivity contribution >= 4 is 32.4 Å². The van der Waals surface area contributed by atoms with Crippen LogP contribution in [0.1, 0.15) is 38.5 Å². The minimum Gasteiger partial charge on any atom is -0.348 e. The van der Waals surface area contributed by atoms with Crippen LogP contribution in [-0.2, 0) is 0 Å². The van der Waals surface area contributed by atoms with Gasteiger partial charge in [0.2, 0.25) is 0 Å². The number of piperidine rings is 1. The fourth-order valence-corrected chi connectivity index (χ4v) is 4.49. The van der Waals surface area contributed by atoms with E-state index in [9.17, 15) is 0 Å². The molecule has 2 nitrogen and oxygen atoms in total. The van der Waals surface area contributed by atoms with Crippen LogP contribution >= 0.6 is 27.3 Å². The van der Waals surface area contributed by atoms with E-state index >= 15 is 0 Å². The molecule has 1 spiro atoms. The molecule has 16 heavy (non-hydrogen) atoms. The van der Waals surface area contributed by atoms with Gasteiger partial charge in [-0.1, -0.05) is 12.8 Å². The van der Waals surface area contributed by atoms with E-state index in [-0.39, 0.29) is 0 Å². The summed E-state index contributed by atoms with van der Waals surface area (Å²) in [5, 5.41) is 3.27. The first-order valence-electron chi connectivity index (χ1n) is 6.13. The predicted octanol–water partition coefficient (Wildman–Crippen LogP) is 4.07. The molecule has 2 fully saturated rings. The van der Waals surface area contributed by atoms with Gasteiger partial charge in [-0.25, -0.2) is 4.98 Å². The average Bonchev–Trinajstić information content (AvgIpc) is 2.90. The maximum absolute atomic E-state index is 4.51. The molecule has 0 unspecified atom stereocenters. The molecule has 1 aliphatic heterocycles. The Bertz CT molecular complexity index is 361. The summed E-state index contributed by atoms with van der Waals surface area (Å²) in [6.07, 6.45) is 8.63. The van der Waals surface area contributed by atoms with Crippen LogP contribution in [0.3, 0.4) is 0 Å². The molecule has 0 radical (unpaired) electrons. The van der Waals surface area contributed by atoms with Gasteiger partial charge in [-0.05, 0) is 47.0 Å². The molecule has 0 bridgehead atoms. The van der Waals surface area contributed by atoms with Crippen LogP contribution in [0.2, 0.25) is 0 Å². The number of anilines is 1. The number of nitrogens with zero attached hydrogens (tertiary/aromatic N) is 2. The van der Waals surface area contributed by atoms with Gasteiger partial charge >= 0.3 is 0 Å². The van der Waals surface area contributed by atoms with Crippen LogP contribution in [0, 0.1) is 5.41 Å². The molecule has 3 rings (SSSR count). The molecule has 1 saturated carbocycles. The number of hydrogen-bond acceptors (Lipinski definition) is 3. The Kier molecular flexibility index (Phi) is 2.96. The van der Waals surface area contributed by atoms with Crippen molar-refractivity contribution in [1.82, 2.24) is 4.98 Å². The van der Waals surface area contributed by atoms with Crippen LogP contribution in [0.25, 0.3) is 0 Å². The third-order valence-electron chi connectivity index (χ3n) is 4.22. The van der Waals surface area contributed by atoms with Crippen LogP contribution in [0.4, 0.5) is 5.13 Å². The predicted molar refractivity (Wildman–Crippen MR) is 72.2 cm³/mol. The molecule has 1 aliphatic carbocycles. The lowest BCUT2D eigenvalue weighted by molar-refractivity contribution is 0.226. The van der Waals surface area contributed by atoms with E-state index in [1.807, 2.05) is 0 Å². The highest BCUT2D eigenvalue weighted by molar-refractivity contribution is 9.10. The van der Waals surface area contributed by atoms with Gasteiger partial charge in [0.05, 0.1) is 0 Å². The highest BCUT2D eigenvalue weighted by atomic mass is 79.9. The van der Waals surface area contributed by atoms with Crippen molar-refractivity contribution in [2.75, 3.05) is 18.0 Å². The standard InChI is InChI=1S/C12H17BrN2S/c13-10-9-16-11(14-10)15-7-5-12(6-8-15)3-1-2-4-12/h9H,1-8H2. The van der Waals surface area contributed by atoms with Gasteiger partial charge in [0.1, 0.15) is 4.60 Å². The van der Waals surface area contributed by atoms with E-state index in [1.165, 1.54) is 56.7 Å². The number of halogens is 1. The quantitative estimate of drug-likeness (QED) is 0.777. The Morgan fingerprint density at radius 2 is 1.88 bits per heavy atom. The van der Waals surface area contributed by atoms with E-state index in [0.29, 0.717) is 5.41 Å². The monoisotopic (exact) mass is 300 g/mol. The highest BCUT2D eigenvalue weighted by Gasteiger charge is 2.37. The van der Waals surface area contributed by atoms with Crippen LogP contribution in [0.5, 0.6) is 0 Å². The molecule has 0 amide bonds. The van der Waals surface area contributed by atoms with Crippen molar-refractivity contribution in [2.45, 2.75) is 38.5 Å². The molecule has 0 N–H and O–H groups in total. The van der Waals surface area contributed by atoms with Crippen LogP contribution < -0.4 is 4.90 Å². The zero-order valence-electron chi connectivity index (χ0n) is 9.41. The summed E-state index contributed by atoms with van der Waals surface area (Å²) in [5.74, 6) is 0. The number of aromatic nitrogens is 1. The molecule has 0 aromatic carbocycles. The third kappa shape index (κ3) is 2.02. The lowest BCUT2D eigenvalue weighted by Crippen LogP contribution is -2.38. The second kappa shape index (κ2) is 4.30. The van der Waals surface area contributed by atoms with E-state index in [0.717, 1.165) is 4.60 Å². The van der Waals surface area contributed by atoms with Crippen molar-refractivity contribution in [3.8, 4) is 0 Å². The smallest absolute Gasteiger partial charge is 0.186 e. The maximum atomic E-state index is 4.51. The Morgan fingerprint density at radius 3 is 2.44 bits per heavy atom. The zero-order chi connectivity index (χ0) is 11.0. The number of rotatable bonds is 1. The lowest BCUT2D eigenvalue weighted by atomic mass is 9.77. The summed E-state index contributed by atoms with van der Waals surface area (Å²) >= 11 is 5.19. The van der Waals surface area contributed by atoms with Crippen molar-refractivity contribution in [1.29, 1.82) is 0 Å². The summed E-state index contributed by atoms with van der Waals surface area (Å²) in [6.45, 7) is 2.42. The van der Waals surface area contributed by atoms with Crippen molar-refractivity contribution in [3.63, 3.8) is 0 Å². The van der Waals surface area contributed by atoms with E-state index in [4.69, 9.17) is 0 Å². The summed E-state index contributed by atoms with van der Waals surface area (Å²) in [4.78, 5) is 6.97. The minimum absolute atomic E-state index is 0.713. The topological polar surface area (TPSA) is 16.1 Å². The van der Waals surface area contributed by atoms with Gasteiger partial charge in [-0.3, -0.25) is 0 Å². The molecule has 2 aliphatic rings. The first-order chi connectivity index (χ1) is 7.77. The fourth-order valence-electron chi connectivity index (χ4n) is 3.19. The Hall–Kier alpha value is -0.0900. The Morgan fingerprint density at radius 1 is 1.19 bits per heavy atom. The molecule has 1 aromatic rings. The van der Waals surface area contributed by atoms with Gasteiger partial charge in [0.25, 0.3) is 0 Å². The first-order valence-corrected chi connectivity index (χ1v) is 7.81. The van der Waals surface area contributed by atoms with Crippen LogP contribution in [-0.4, -0.2) is 18.1 Å². The molecular weight excluding hydrogens is 284 g/mol. The molecule has 1 aromatic heterocycles. The van der Waals surface area contributed by atoms with E-state index < -0.39 is 0 Å². The molecule has 88 valence electrons. The second-order valence-electron chi connectivity index (χ2n) is 5.15. The first kappa shape index (κ1) is 11.0. The second-order valence-corrected chi connectivity index (χ2v) is 6.80. The molecular formula is C12H17BrN2S. The third-order valence-corrected chi connectivity index (χ3v) is 5.83. The van der Waals surface area contributed by atoms with Crippen molar-refractivity contribution in [3.05, 3.63) is 9.98 Å². The fraction of sp³-hybridized carbons (Fsp3) is 0.750. The van der Waals surface area contributed by atoms with E-state index in [2.05, 4.69) is 31.2 Å². The zero-order valence-corrected chi connectivity index (χ0v) is 11.8. The number of thiazole rings is 1. The van der Waals surface area contributed by atoms with Crippen LogP contribution in [0.15, 0.2) is 9.98 Å². The Labute approximate surface area is 109 Å². The molecule has 0 atom stereocenters. The van der Waals surface area contributed by atoms with E-state index in [1.54, 1.807) is 11.3 Å². The van der Waals surface area contributed by atoms with Crippen molar-refractivity contribution < 1.29 is 0 Å². The van der Waals surface area contributed by atoms with Gasteiger partial charge in [-0.15, -0.1) is 11.3 Å². The lowest BCUT2D eigenvalue weighted by Gasteiger charge is -2.39. The molecule has 1 saturated heterocycles. The normalized spacial score (nSPS) is 24.2. The summed E-state index contributed by atoms with van der Waals surface area (Å²) in [7, 11) is 0. The van der Waals surface area contributed by atoms with Gasteiger partial charge in [0.15, 0.2) is 5.13 Å². The van der Waals surface area contributed by atoms with Gasteiger partial charge in [0, 0.05) is 18.5 Å². The maximum Gasteiger partial charge on any atom is 0.186 e. The summed E-state index contributed by atoms with van der Waals surface area (Å²) in [6, 6.07) is 0. The van der Waals surface area contributed by atoms with Gasteiger partial charge in [-0.2, -0.15) is 0 Å². The average molecular weight is 301 g/mol.